The average Bonchev–Trinajstić information content (AvgIpc) is 2.66. The molecular formula is C10H12BrNO2S. The van der Waals surface area contributed by atoms with Crippen LogP contribution in [0.2, 0.25) is 0 Å². The third kappa shape index (κ3) is 2.78. The van der Waals surface area contributed by atoms with Crippen LogP contribution in [0.1, 0.15) is 23.2 Å². The second-order valence-electron chi connectivity index (χ2n) is 3.50. The fourth-order valence-corrected chi connectivity index (χ4v) is 3.07. The normalized spacial score (nSPS) is 21.3. The molecule has 0 saturated carbocycles. The third-order valence-electron chi connectivity index (χ3n) is 2.36. The van der Waals surface area contributed by atoms with Gasteiger partial charge < -0.3 is 9.73 Å². The van der Waals surface area contributed by atoms with E-state index in [1.54, 1.807) is 6.07 Å². The number of hydrogen-bond donors (Lipinski definition) is 1. The number of rotatable bonds is 2. The van der Waals surface area contributed by atoms with Crippen LogP contribution in [0.15, 0.2) is 21.4 Å². The number of amides is 1. The Morgan fingerprint density at radius 1 is 1.67 bits per heavy atom. The summed E-state index contributed by atoms with van der Waals surface area (Å²) in [5.41, 5.74) is 0.575. The first kappa shape index (κ1) is 11.1. The topological polar surface area (TPSA) is 42.2 Å². The first-order chi connectivity index (χ1) is 7.27. The standard InChI is InChI=1S/C10H12BrNO2S/c11-9-8(3-4-14-9)10(13)12-7-2-1-5-15-6-7/h3-4,7H,1-2,5-6H2,(H,12,13). The highest BCUT2D eigenvalue weighted by molar-refractivity contribution is 9.10. The molecule has 5 heteroatoms. The number of halogens is 1. The van der Waals surface area contributed by atoms with E-state index in [0.29, 0.717) is 16.3 Å². The van der Waals surface area contributed by atoms with Crippen LogP contribution >= 0.6 is 27.7 Å². The Labute approximate surface area is 101 Å². The van der Waals surface area contributed by atoms with Gasteiger partial charge in [-0.25, -0.2) is 0 Å². The maximum atomic E-state index is 11.8. The van der Waals surface area contributed by atoms with E-state index in [0.717, 1.165) is 12.2 Å². The summed E-state index contributed by atoms with van der Waals surface area (Å²) in [6, 6.07) is 1.98. The highest BCUT2D eigenvalue weighted by Gasteiger charge is 2.19. The minimum atomic E-state index is -0.0527. The van der Waals surface area contributed by atoms with Crippen molar-refractivity contribution in [1.82, 2.24) is 5.32 Å². The summed E-state index contributed by atoms with van der Waals surface area (Å²) in [6.07, 6.45) is 3.77. The van der Waals surface area contributed by atoms with Crippen LogP contribution in [0.3, 0.4) is 0 Å². The Hall–Kier alpha value is -0.420. The molecule has 1 aromatic heterocycles. The smallest absolute Gasteiger partial charge is 0.256 e. The summed E-state index contributed by atoms with van der Waals surface area (Å²) in [5, 5.41) is 3.01. The van der Waals surface area contributed by atoms with Gasteiger partial charge >= 0.3 is 0 Å². The minimum Gasteiger partial charge on any atom is -0.457 e. The van der Waals surface area contributed by atoms with Gasteiger partial charge in [0.2, 0.25) is 0 Å². The Morgan fingerprint density at radius 3 is 3.13 bits per heavy atom. The Balaban J connectivity index is 1.94. The number of thioether (sulfide) groups is 1. The Morgan fingerprint density at radius 2 is 2.53 bits per heavy atom. The quantitative estimate of drug-likeness (QED) is 0.910. The number of nitrogens with one attached hydrogen (secondary N) is 1. The van der Waals surface area contributed by atoms with Crippen LogP contribution in [0, 0.1) is 0 Å². The van der Waals surface area contributed by atoms with E-state index < -0.39 is 0 Å². The molecule has 0 aliphatic carbocycles. The van der Waals surface area contributed by atoms with E-state index in [9.17, 15) is 4.79 Å². The number of carbonyl (C=O) groups excluding carboxylic acids is 1. The summed E-state index contributed by atoms with van der Waals surface area (Å²) in [7, 11) is 0. The minimum absolute atomic E-state index is 0.0527. The molecule has 0 bridgehead atoms. The van der Waals surface area contributed by atoms with Crippen LogP contribution in [-0.2, 0) is 0 Å². The fraction of sp³-hybridized carbons (Fsp3) is 0.500. The second-order valence-corrected chi connectivity index (χ2v) is 5.37. The first-order valence-corrected chi connectivity index (χ1v) is 6.84. The van der Waals surface area contributed by atoms with Crippen molar-refractivity contribution in [3.05, 3.63) is 22.6 Å². The molecule has 0 spiro atoms. The average molecular weight is 290 g/mol. The molecule has 2 heterocycles. The lowest BCUT2D eigenvalue weighted by Crippen LogP contribution is -2.38. The van der Waals surface area contributed by atoms with Crippen molar-refractivity contribution in [1.29, 1.82) is 0 Å². The molecule has 2 rings (SSSR count). The molecule has 1 N–H and O–H groups in total. The van der Waals surface area contributed by atoms with E-state index in [2.05, 4.69) is 21.2 Å². The first-order valence-electron chi connectivity index (χ1n) is 4.89. The van der Waals surface area contributed by atoms with Gasteiger partial charge in [0.15, 0.2) is 4.67 Å². The van der Waals surface area contributed by atoms with Crippen LogP contribution in [0.4, 0.5) is 0 Å². The van der Waals surface area contributed by atoms with Crippen LogP contribution < -0.4 is 5.32 Å². The van der Waals surface area contributed by atoms with E-state index in [1.165, 1.54) is 18.4 Å². The Bertz CT molecular complexity index is 347. The van der Waals surface area contributed by atoms with Crippen molar-refractivity contribution in [3.8, 4) is 0 Å². The molecule has 82 valence electrons. The molecule has 1 unspecified atom stereocenters. The fourth-order valence-electron chi connectivity index (χ4n) is 1.57. The van der Waals surface area contributed by atoms with Gasteiger partial charge in [-0.1, -0.05) is 0 Å². The molecule has 3 nitrogen and oxygen atoms in total. The summed E-state index contributed by atoms with van der Waals surface area (Å²) in [5.74, 6) is 2.17. The van der Waals surface area contributed by atoms with Crippen molar-refractivity contribution in [2.45, 2.75) is 18.9 Å². The van der Waals surface area contributed by atoms with Gasteiger partial charge in [-0.2, -0.15) is 11.8 Å². The molecule has 1 aromatic rings. The van der Waals surface area contributed by atoms with Crippen molar-refractivity contribution in [2.75, 3.05) is 11.5 Å². The highest BCUT2D eigenvalue weighted by Crippen LogP contribution is 2.20. The zero-order chi connectivity index (χ0) is 10.7. The van der Waals surface area contributed by atoms with Gasteiger partial charge in [0.25, 0.3) is 5.91 Å². The summed E-state index contributed by atoms with van der Waals surface area (Å²) in [6.45, 7) is 0. The number of carbonyl (C=O) groups is 1. The number of furan rings is 1. The van der Waals surface area contributed by atoms with E-state index in [-0.39, 0.29) is 5.91 Å². The molecule has 0 aromatic carbocycles. The molecular weight excluding hydrogens is 278 g/mol. The molecule has 1 fully saturated rings. The van der Waals surface area contributed by atoms with Gasteiger partial charge in [0.05, 0.1) is 11.8 Å². The van der Waals surface area contributed by atoms with Gasteiger partial charge in [-0.05, 0) is 40.6 Å². The summed E-state index contributed by atoms with van der Waals surface area (Å²) < 4.78 is 5.53. The number of hydrogen-bond acceptors (Lipinski definition) is 3. The predicted octanol–water partition coefficient (Wildman–Crippen LogP) is 2.67. The van der Waals surface area contributed by atoms with Gasteiger partial charge in [0, 0.05) is 11.8 Å². The molecule has 0 radical (unpaired) electrons. The largest absolute Gasteiger partial charge is 0.457 e. The lowest BCUT2D eigenvalue weighted by molar-refractivity contribution is 0.0937. The summed E-state index contributed by atoms with van der Waals surface area (Å²) >= 11 is 5.10. The molecule has 1 aliphatic heterocycles. The van der Waals surface area contributed by atoms with Gasteiger partial charge in [0.1, 0.15) is 0 Å². The van der Waals surface area contributed by atoms with E-state index in [4.69, 9.17) is 4.42 Å². The molecule has 1 saturated heterocycles. The molecule has 1 aliphatic rings. The van der Waals surface area contributed by atoms with Crippen LogP contribution in [-0.4, -0.2) is 23.5 Å². The summed E-state index contributed by atoms with van der Waals surface area (Å²) in [4.78, 5) is 11.8. The lowest BCUT2D eigenvalue weighted by Gasteiger charge is -2.22. The van der Waals surface area contributed by atoms with Crippen LogP contribution in [0.25, 0.3) is 0 Å². The van der Waals surface area contributed by atoms with E-state index in [1.807, 2.05) is 11.8 Å². The monoisotopic (exact) mass is 289 g/mol. The van der Waals surface area contributed by atoms with Crippen molar-refractivity contribution in [2.24, 2.45) is 0 Å². The predicted molar refractivity (Wildman–Crippen MR) is 64.2 cm³/mol. The Kier molecular flexibility index (Phi) is 3.75. The zero-order valence-corrected chi connectivity index (χ0v) is 10.6. The van der Waals surface area contributed by atoms with Crippen molar-refractivity contribution in [3.63, 3.8) is 0 Å². The lowest BCUT2D eigenvalue weighted by atomic mass is 10.2. The van der Waals surface area contributed by atoms with E-state index >= 15 is 0 Å². The highest BCUT2D eigenvalue weighted by atomic mass is 79.9. The third-order valence-corrected chi connectivity index (χ3v) is 4.19. The zero-order valence-electron chi connectivity index (χ0n) is 8.16. The van der Waals surface area contributed by atoms with Crippen molar-refractivity contribution >= 4 is 33.6 Å². The second kappa shape index (κ2) is 5.07. The van der Waals surface area contributed by atoms with Crippen LogP contribution in [0.5, 0.6) is 0 Å². The molecule has 15 heavy (non-hydrogen) atoms. The van der Waals surface area contributed by atoms with Gasteiger partial charge in [-0.3, -0.25) is 4.79 Å². The van der Waals surface area contributed by atoms with Gasteiger partial charge in [-0.15, -0.1) is 0 Å². The maximum absolute atomic E-state index is 11.8. The van der Waals surface area contributed by atoms with Crippen molar-refractivity contribution < 1.29 is 9.21 Å². The SMILES string of the molecule is O=C(NC1CCCSC1)c1ccoc1Br. The maximum Gasteiger partial charge on any atom is 0.256 e. The molecule has 1 atom stereocenters. The molecule has 1 amide bonds.